The average molecular weight is 577 g/mol. The van der Waals surface area contributed by atoms with E-state index in [0.29, 0.717) is 59.1 Å². The largest absolute Gasteiger partial charge is 0.477 e. The van der Waals surface area contributed by atoms with Crippen molar-refractivity contribution in [2.24, 2.45) is 17.3 Å². The lowest BCUT2D eigenvalue weighted by molar-refractivity contribution is 0.102. The summed E-state index contributed by atoms with van der Waals surface area (Å²) in [7, 11) is 1.57. The molecule has 2 aliphatic rings. The van der Waals surface area contributed by atoms with E-state index in [1.165, 1.54) is 0 Å². The summed E-state index contributed by atoms with van der Waals surface area (Å²) in [6.45, 7) is 6.78. The van der Waals surface area contributed by atoms with Gasteiger partial charge in [0.1, 0.15) is 0 Å². The summed E-state index contributed by atoms with van der Waals surface area (Å²) in [5.41, 5.74) is 4.85. The van der Waals surface area contributed by atoms with Gasteiger partial charge in [-0.05, 0) is 63.1 Å². The Morgan fingerprint density at radius 3 is 2.73 bits per heavy atom. The van der Waals surface area contributed by atoms with Crippen molar-refractivity contribution in [2.75, 3.05) is 43.6 Å². The van der Waals surface area contributed by atoms with E-state index in [2.05, 4.69) is 27.2 Å². The number of aromatic nitrogens is 5. The van der Waals surface area contributed by atoms with Gasteiger partial charge in [-0.25, -0.2) is 13.9 Å². The number of carbonyl (C=O) groups is 1. The zero-order valence-corrected chi connectivity index (χ0v) is 24.8. The zero-order valence-electron chi connectivity index (χ0n) is 24.0. The standard InChI is InChI=1S/C29H36N8O3S/c1-19-6-5-11-40-28-23(17-30-36(28)4)25-15-21(14-20(2)31-25)27(38)33-29-32-24-8-7-22(16-26(24)37(29)18-19)34-41(39)12-9-35(3)10-13-41/h7-8,14-17,19H,5-6,9-13,18H2,1-4H3,(H,32,33,38)/t19-/m1/s1. The first-order valence-corrected chi connectivity index (χ1v) is 15.9. The van der Waals surface area contributed by atoms with Gasteiger partial charge in [0, 0.05) is 49.4 Å². The monoisotopic (exact) mass is 576 g/mol. The van der Waals surface area contributed by atoms with Crippen LogP contribution < -0.4 is 10.1 Å². The van der Waals surface area contributed by atoms with Crippen LogP contribution in [0.1, 0.15) is 35.8 Å². The molecule has 1 fully saturated rings. The van der Waals surface area contributed by atoms with E-state index in [4.69, 9.17) is 14.1 Å². The Labute approximate surface area is 240 Å². The van der Waals surface area contributed by atoms with E-state index in [1.807, 2.05) is 43.8 Å². The summed E-state index contributed by atoms with van der Waals surface area (Å²) in [6.07, 6.45) is 3.49. The van der Waals surface area contributed by atoms with E-state index in [1.54, 1.807) is 23.0 Å². The fourth-order valence-corrected chi connectivity index (χ4v) is 7.51. The number of rotatable bonds is 1. The SMILES string of the molecule is Cc1cc2cc(n1)-c1cnn(C)c1OCCC[C@@H](C)Cn1c(nc3ccc(N=S4(=O)CCN(C)CC4)cc31)NC2=O. The van der Waals surface area contributed by atoms with Gasteiger partial charge in [0.05, 0.1) is 50.5 Å². The molecule has 41 heavy (non-hydrogen) atoms. The molecule has 4 aromatic rings. The smallest absolute Gasteiger partial charge is 0.258 e. The maximum atomic E-state index is 13.6. The van der Waals surface area contributed by atoms with Gasteiger partial charge >= 0.3 is 0 Å². The van der Waals surface area contributed by atoms with Gasteiger partial charge in [0.15, 0.2) is 0 Å². The predicted octanol–water partition coefficient (Wildman–Crippen LogP) is 4.25. The second-order valence-electron chi connectivity index (χ2n) is 11.2. The highest BCUT2D eigenvalue weighted by molar-refractivity contribution is 7.93. The fraction of sp³-hybridized carbons (Fsp3) is 0.448. The van der Waals surface area contributed by atoms with Gasteiger partial charge in [-0.1, -0.05) is 6.92 Å². The summed E-state index contributed by atoms with van der Waals surface area (Å²) in [5.74, 6) is 2.24. The lowest BCUT2D eigenvalue weighted by atomic mass is 10.1. The summed E-state index contributed by atoms with van der Waals surface area (Å²) in [5, 5.41) is 7.43. The molecule has 2 bridgehead atoms. The third-order valence-electron chi connectivity index (χ3n) is 7.76. The van der Waals surface area contributed by atoms with Crippen LogP contribution in [0.25, 0.3) is 22.3 Å². The Bertz CT molecular complexity index is 1740. The molecule has 1 N–H and O–H groups in total. The number of hydrogen-bond donors (Lipinski definition) is 1. The number of anilines is 1. The van der Waals surface area contributed by atoms with Crippen LogP contribution in [-0.2, 0) is 23.3 Å². The zero-order chi connectivity index (χ0) is 28.7. The van der Waals surface area contributed by atoms with Crippen LogP contribution in [-0.4, -0.2) is 77.6 Å². The molecule has 0 radical (unpaired) electrons. The number of aryl methyl sites for hydroxylation is 2. The minimum Gasteiger partial charge on any atom is -0.477 e. The summed E-state index contributed by atoms with van der Waals surface area (Å²) in [4.78, 5) is 25.3. The van der Waals surface area contributed by atoms with Crippen molar-refractivity contribution in [1.82, 2.24) is 29.2 Å². The molecule has 216 valence electrons. The van der Waals surface area contributed by atoms with Gasteiger partial charge in [-0.3, -0.25) is 15.1 Å². The summed E-state index contributed by atoms with van der Waals surface area (Å²) in [6, 6.07) is 9.24. The average Bonchev–Trinajstić information content (AvgIpc) is 3.47. The van der Waals surface area contributed by atoms with Crippen LogP contribution >= 0.6 is 0 Å². The number of nitrogens with zero attached hydrogens (tertiary/aromatic N) is 7. The fourth-order valence-electron chi connectivity index (χ4n) is 5.43. The van der Waals surface area contributed by atoms with Crippen molar-refractivity contribution in [2.45, 2.75) is 33.2 Å². The molecular formula is C29H36N8O3S. The molecular weight excluding hydrogens is 540 g/mol. The van der Waals surface area contributed by atoms with Gasteiger partial charge in [-0.15, -0.1) is 0 Å². The van der Waals surface area contributed by atoms with E-state index in [9.17, 15) is 9.00 Å². The number of amides is 1. The minimum atomic E-state index is -2.31. The quantitative estimate of drug-likeness (QED) is 0.360. The molecule has 12 heteroatoms. The summed E-state index contributed by atoms with van der Waals surface area (Å²) < 4.78 is 28.1. The van der Waals surface area contributed by atoms with Gasteiger partial charge in [0.25, 0.3) is 5.91 Å². The number of benzene rings is 1. The van der Waals surface area contributed by atoms with Crippen LogP contribution in [0, 0.1) is 12.8 Å². The first-order valence-electron chi connectivity index (χ1n) is 14.0. The van der Waals surface area contributed by atoms with Crippen LogP contribution in [0.2, 0.25) is 0 Å². The maximum Gasteiger partial charge on any atom is 0.258 e. The normalized spacial score (nSPS) is 19.8. The first-order chi connectivity index (χ1) is 19.7. The molecule has 1 saturated heterocycles. The number of ether oxygens (including phenoxy) is 1. The Hall–Kier alpha value is -3.77. The Kier molecular flexibility index (Phi) is 7.28. The van der Waals surface area contributed by atoms with E-state index >= 15 is 0 Å². The van der Waals surface area contributed by atoms with Crippen LogP contribution in [0.4, 0.5) is 11.6 Å². The topological polar surface area (TPSA) is 120 Å². The number of pyridine rings is 1. The molecule has 11 nitrogen and oxygen atoms in total. The molecule has 0 saturated carbocycles. The van der Waals surface area contributed by atoms with Gasteiger partial charge < -0.3 is 14.2 Å². The van der Waals surface area contributed by atoms with Crippen LogP contribution in [0.15, 0.2) is 40.9 Å². The van der Waals surface area contributed by atoms with Crippen LogP contribution in [0.5, 0.6) is 5.88 Å². The van der Waals surface area contributed by atoms with Crippen molar-refractivity contribution in [1.29, 1.82) is 0 Å². The van der Waals surface area contributed by atoms with Crippen molar-refractivity contribution >= 4 is 38.3 Å². The number of nitrogens with one attached hydrogen (secondary N) is 1. The number of fused-ring (bicyclic) bond motifs is 7. The van der Waals surface area contributed by atoms with Crippen molar-refractivity contribution < 1.29 is 13.7 Å². The lowest BCUT2D eigenvalue weighted by Gasteiger charge is -2.24. The first kappa shape index (κ1) is 27.4. The molecule has 0 aliphatic carbocycles. The number of hydrogen-bond acceptors (Lipinski definition) is 8. The molecule has 0 spiro atoms. The number of imidazole rings is 1. The Morgan fingerprint density at radius 1 is 1.12 bits per heavy atom. The maximum absolute atomic E-state index is 13.6. The van der Waals surface area contributed by atoms with Crippen LogP contribution in [0.3, 0.4) is 0 Å². The Balaban J connectivity index is 1.41. The molecule has 6 rings (SSSR count). The van der Waals surface area contributed by atoms with E-state index in [0.717, 1.165) is 42.5 Å². The van der Waals surface area contributed by atoms with E-state index < -0.39 is 9.73 Å². The highest BCUT2D eigenvalue weighted by Crippen LogP contribution is 2.31. The molecule has 5 heterocycles. The molecule has 1 aromatic carbocycles. The van der Waals surface area contributed by atoms with Crippen molar-refractivity contribution in [3.8, 4) is 17.1 Å². The van der Waals surface area contributed by atoms with E-state index in [-0.39, 0.29) is 11.8 Å². The third-order valence-corrected chi connectivity index (χ3v) is 9.95. The molecule has 0 unspecified atom stereocenters. The van der Waals surface area contributed by atoms with Gasteiger partial charge in [-0.2, -0.15) is 9.46 Å². The Morgan fingerprint density at radius 2 is 1.93 bits per heavy atom. The van der Waals surface area contributed by atoms with Crippen molar-refractivity contribution in [3.63, 3.8) is 0 Å². The van der Waals surface area contributed by atoms with Crippen molar-refractivity contribution in [3.05, 3.63) is 47.8 Å². The minimum absolute atomic E-state index is 0.276. The predicted molar refractivity (Wildman–Crippen MR) is 160 cm³/mol. The molecule has 3 aromatic heterocycles. The molecule has 1 amide bonds. The lowest BCUT2D eigenvalue weighted by Crippen LogP contribution is -2.37. The third kappa shape index (κ3) is 5.71. The molecule has 1 atom stereocenters. The number of carbonyl (C=O) groups excluding carboxylic acids is 1. The highest BCUT2D eigenvalue weighted by atomic mass is 32.2. The summed E-state index contributed by atoms with van der Waals surface area (Å²) >= 11 is 0. The molecule has 2 aliphatic heterocycles. The highest BCUT2D eigenvalue weighted by Gasteiger charge is 2.22. The second kappa shape index (κ2) is 10.9. The second-order valence-corrected chi connectivity index (χ2v) is 13.8. The van der Waals surface area contributed by atoms with Gasteiger partial charge in [0.2, 0.25) is 11.8 Å².